The molecule has 652 valence electrons. The predicted octanol–water partition coefficient (Wildman–Crippen LogP) is 25.5. The summed E-state index contributed by atoms with van der Waals surface area (Å²) in [5.74, 6) is 6.09. The molecule has 126 heavy (non-hydrogen) atoms. The van der Waals surface area contributed by atoms with Gasteiger partial charge in [0.25, 0.3) is 0 Å². The van der Waals surface area contributed by atoms with Gasteiger partial charge in [0.2, 0.25) is 0 Å². The summed E-state index contributed by atoms with van der Waals surface area (Å²) < 4.78 is 32.4. The molecule has 0 aliphatic carbocycles. The van der Waals surface area contributed by atoms with Crippen LogP contribution in [0.25, 0.3) is 66.6 Å². The van der Waals surface area contributed by atoms with Crippen LogP contribution >= 0.6 is 139 Å². The second kappa shape index (κ2) is 39.6. The molecular weight excluding hydrogens is 1850 g/mol. The van der Waals surface area contributed by atoms with Gasteiger partial charge in [0, 0.05) is 185 Å². The number of rotatable bonds is 20. The highest BCUT2D eigenvalue weighted by Crippen LogP contribution is 2.51. The third-order valence-corrected chi connectivity index (χ3v) is 24.6. The van der Waals surface area contributed by atoms with Crippen LogP contribution in [0.15, 0.2) is 147 Å². The van der Waals surface area contributed by atoms with Crippen LogP contribution in [0.1, 0.15) is 161 Å². The zero-order valence-corrected chi connectivity index (χ0v) is 79.4. The number of anilines is 4. The van der Waals surface area contributed by atoms with Crippen LogP contribution in [0.4, 0.5) is 23.3 Å². The van der Waals surface area contributed by atoms with Crippen LogP contribution in [0, 0.1) is 27.7 Å². The number of hydrogen-bond acceptors (Lipinski definition) is 20. The molecule has 0 fully saturated rings. The average Bonchev–Trinajstić information content (AvgIpc) is 1.53. The van der Waals surface area contributed by atoms with Crippen molar-refractivity contribution in [1.29, 1.82) is 0 Å². The second-order valence-electron chi connectivity index (χ2n) is 29.8. The van der Waals surface area contributed by atoms with Gasteiger partial charge in [-0.25, -0.2) is 59.8 Å². The van der Waals surface area contributed by atoms with E-state index in [9.17, 15) is 0 Å². The highest BCUT2D eigenvalue weighted by molar-refractivity contribution is 6.36. The minimum Gasteiger partial charge on any atom is -0.493 e. The monoisotopic (exact) mass is 1930 g/mol. The number of ether oxygens (including phenoxy) is 4. The summed E-state index contributed by atoms with van der Waals surface area (Å²) in [4.78, 5) is 51.8. The molecule has 24 nitrogen and oxygen atoms in total. The van der Waals surface area contributed by atoms with Gasteiger partial charge < -0.3 is 41.9 Å². The van der Waals surface area contributed by atoms with Crippen molar-refractivity contribution in [3.8, 4) is 67.5 Å². The van der Waals surface area contributed by atoms with Crippen molar-refractivity contribution in [2.45, 2.75) is 133 Å². The first kappa shape index (κ1) is 93.5. The fourth-order valence-corrected chi connectivity index (χ4v) is 17.4. The molecule has 16 rings (SSSR count). The van der Waals surface area contributed by atoms with E-state index in [1.165, 1.54) is 0 Å². The molecule has 0 aliphatic heterocycles. The summed E-state index contributed by atoms with van der Waals surface area (Å²) in [5, 5.41) is 5.30. The molecule has 4 atom stereocenters. The molecule has 0 aliphatic rings. The Morgan fingerprint density at radius 2 is 0.524 bits per heavy atom. The Labute approximate surface area is 787 Å². The molecule has 0 radical (unpaired) electrons. The van der Waals surface area contributed by atoms with E-state index in [0.717, 1.165) is 101 Å². The lowest BCUT2D eigenvalue weighted by Crippen LogP contribution is -2.12. The van der Waals surface area contributed by atoms with Crippen LogP contribution in [-0.2, 0) is 0 Å². The lowest BCUT2D eigenvalue weighted by molar-refractivity contribution is 0.240. The van der Waals surface area contributed by atoms with E-state index in [4.69, 9.17) is 181 Å². The Morgan fingerprint density at radius 3 is 0.722 bits per heavy atom. The number of aromatic nitrogens is 16. The molecule has 0 spiro atoms. The number of nitrogens with zero attached hydrogens (tertiary/aromatic N) is 16. The average molecular weight is 1940 g/mol. The minimum atomic E-state index is -0.220. The van der Waals surface area contributed by atoms with Crippen molar-refractivity contribution in [3.63, 3.8) is 0 Å². The standard InChI is InChI=1S/2C23H22Cl3N5O.2C22H20Cl3N5O/c2*1-11(2)32-20-15(9-16(24)13(4)18(20)14-5-6-17(25)29-10-14)12(3)23-30-21(26)19-22(27)28-7-8-31(19)23;2*1-4-31-19-14(9-15(23)12(3)17(19)13-5-6-16(24)28-10-13)11(2)22-29-20(25)18-21(26)27-7-8-30(18)22/h2*5-12H,1-4H3,(H2,27,28);2*5-11H,4H2,1-3H3,(H2,26,27)/t2*12-;2*11-/m1010/s1. The van der Waals surface area contributed by atoms with Crippen molar-refractivity contribution in [3.05, 3.63) is 276 Å². The number of pyridine rings is 4. The fraction of sp³-hybridized carbons (Fsp3) is 0.244. The first-order chi connectivity index (χ1) is 60.0. The Balaban J connectivity index is 0.000000144. The first-order valence-electron chi connectivity index (χ1n) is 39.5. The van der Waals surface area contributed by atoms with E-state index in [0.29, 0.717) is 155 Å². The van der Waals surface area contributed by atoms with Crippen molar-refractivity contribution in [2.24, 2.45) is 0 Å². The fourth-order valence-electron chi connectivity index (χ4n) is 15.0. The number of hydrogen-bond donors (Lipinski definition) is 4. The van der Waals surface area contributed by atoms with E-state index < -0.39 is 0 Å². The minimum absolute atomic E-state index is 0.0685. The van der Waals surface area contributed by atoms with Gasteiger partial charge in [-0.2, -0.15) is 0 Å². The third-order valence-electron chi connectivity index (χ3n) is 21.1. The smallest absolute Gasteiger partial charge is 0.158 e. The summed E-state index contributed by atoms with van der Waals surface area (Å²) in [6.07, 6.45) is 20.4. The zero-order valence-electron chi connectivity index (χ0n) is 70.4. The largest absolute Gasteiger partial charge is 0.493 e. The molecule has 0 amide bonds. The van der Waals surface area contributed by atoms with E-state index in [-0.39, 0.29) is 35.9 Å². The number of benzene rings is 4. The summed E-state index contributed by atoms with van der Waals surface area (Å²) in [6, 6.07) is 22.3. The SMILES string of the molecule is CCOc1c([C@@H](C)c2nc(Cl)c3c(N)nccn23)cc(Cl)c(C)c1-c1ccc(Cl)nc1.CCOc1c([C@H](C)c2nc(Cl)c3c(N)nccn23)cc(Cl)c(C)c1-c1ccc(Cl)nc1.Cc1c(Cl)cc([C@@H](C)c2nc(Cl)c3c(N)nccn23)c(OC(C)C)c1-c1ccc(Cl)nc1.Cc1c(Cl)cc([C@H](C)c2nc(Cl)c3c(N)nccn23)c(OC(C)C)c1-c1ccc(Cl)nc1. The molecule has 16 aromatic rings. The van der Waals surface area contributed by atoms with Gasteiger partial charge in [-0.3, -0.25) is 17.6 Å². The lowest BCUT2D eigenvalue weighted by atomic mass is 9.91. The van der Waals surface area contributed by atoms with Gasteiger partial charge in [-0.05, 0) is 164 Å². The van der Waals surface area contributed by atoms with Crippen LogP contribution in [0.5, 0.6) is 23.0 Å². The third kappa shape index (κ3) is 19.1. The van der Waals surface area contributed by atoms with E-state index in [2.05, 4.69) is 59.8 Å². The maximum atomic E-state index is 6.70. The van der Waals surface area contributed by atoms with Gasteiger partial charge in [0.1, 0.15) is 89.0 Å². The molecule has 0 bridgehead atoms. The Hall–Kier alpha value is -10.2. The van der Waals surface area contributed by atoms with Crippen molar-refractivity contribution < 1.29 is 18.9 Å². The summed E-state index contributed by atoms with van der Waals surface area (Å²) in [5.41, 5.74) is 40.4. The number of imidazole rings is 4. The van der Waals surface area contributed by atoms with Gasteiger partial charge in [0.15, 0.2) is 43.9 Å². The summed E-state index contributed by atoms with van der Waals surface area (Å²) >= 11 is 76.4. The Morgan fingerprint density at radius 1 is 0.310 bits per heavy atom. The van der Waals surface area contributed by atoms with Crippen LogP contribution in [0.3, 0.4) is 0 Å². The molecule has 0 saturated heterocycles. The summed E-state index contributed by atoms with van der Waals surface area (Å²) in [6.45, 7) is 28.7. The Bertz CT molecular complexity index is 6350. The van der Waals surface area contributed by atoms with Gasteiger partial charge in [-0.15, -0.1) is 0 Å². The lowest BCUT2D eigenvalue weighted by Gasteiger charge is -2.24. The Kier molecular flexibility index (Phi) is 29.4. The molecule has 12 aromatic heterocycles. The van der Waals surface area contributed by atoms with E-state index in [1.807, 2.05) is 163 Å². The number of nitrogen functional groups attached to an aromatic ring is 4. The molecule has 12 heterocycles. The molecule has 0 saturated carbocycles. The van der Waals surface area contributed by atoms with Gasteiger partial charge in [-0.1, -0.05) is 167 Å². The molecule has 0 unspecified atom stereocenters. The first-order valence-corrected chi connectivity index (χ1v) is 44.1. The van der Waals surface area contributed by atoms with E-state index in [1.54, 1.807) is 98.6 Å². The molecular formula is C90H84Cl12N20O4. The van der Waals surface area contributed by atoms with Crippen molar-refractivity contribution >= 4 is 185 Å². The molecule has 36 heteroatoms. The van der Waals surface area contributed by atoms with Gasteiger partial charge in [0.05, 0.1) is 25.4 Å². The van der Waals surface area contributed by atoms with Crippen molar-refractivity contribution in [2.75, 3.05) is 36.1 Å². The van der Waals surface area contributed by atoms with Crippen LogP contribution in [-0.4, -0.2) is 103 Å². The molecule has 8 N–H and O–H groups in total. The highest BCUT2D eigenvalue weighted by atomic mass is 35.5. The number of fused-ring (bicyclic) bond motifs is 4. The number of nitrogens with two attached hydrogens (primary N) is 4. The summed E-state index contributed by atoms with van der Waals surface area (Å²) in [7, 11) is 0. The maximum Gasteiger partial charge on any atom is 0.158 e. The normalized spacial score (nSPS) is 12.4. The van der Waals surface area contributed by atoms with E-state index >= 15 is 0 Å². The second-order valence-corrected chi connectivity index (χ2v) is 34.4. The maximum absolute atomic E-state index is 6.70. The number of halogens is 12. The highest BCUT2D eigenvalue weighted by Gasteiger charge is 2.33. The van der Waals surface area contributed by atoms with Crippen LogP contribution < -0.4 is 41.9 Å². The zero-order chi connectivity index (χ0) is 90.9. The quantitative estimate of drug-likeness (QED) is 0.0515. The topological polar surface area (TPSA) is 313 Å². The van der Waals surface area contributed by atoms with Gasteiger partial charge >= 0.3 is 0 Å². The van der Waals surface area contributed by atoms with Crippen molar-refractivity contribution in [1.82, 2.24) is 77.4 Å². The predicted molar refractivity (Wildman–Crippen MR) is 511 cm³/mol. The molecule has 4 aromatic carbocycles. The van der Waals surface area contributed by atoms with Crippen LogP contribution in [0.2, 0.25) is 61.3 Å².